The van der Waals surface area contributed by atoms with Crippen LogP contribution in [0.5, 0.6) is 0 Å². The summed E-state index contributed by atoms with van der Waals surface area (Å²) in [5, 5.41) is 11.0. The number of amides is 1. The van der Waals surface area contributed by atoms with Crippen LogP contribution in [0.2, 0.25) is 10.3 Å². The van der Waals surface area contributed by atoms with Crippen LogP contribution in [0.15, 0.2) is 12.7 Å². The van der Waals surface area contributed by atoms with Crippen molar-refractivity contribution in [2.75, 3.05) is 5.32 Å². The SMILES string of the molecule is O=C(Nc1c(Cl)ncnc1Cl)c1nc[nH]c1C(=O)O. The number of carboxylic acid groups (broad SMARTS) is 1. The second-order valence-corrected chi connectivity index (χ2v) is 3.93. The minimum Gasteiger partial charge on any atom is -0.477 e. The van der Waals surface area contributed by atoms with Crippen LogP contribution in [0.3, 0.4) is 0 Å². The molecule has 3 N–H and O–H groups in total. The first-order valence-electron chi connectivity index (χ1n) is 4.74. The summed E-state index contributed by atoms with van der Waals surface area (Å²) >= 11 is 11.5. The van der Waals surface area contributed by atoms with Crippen LogP contribution in [-0.4, -0.2) is 36.9 Å². The molecule has 2 heterocycles. The molecule has 0 aliphatic rings. The molecular formula is C9H5Cl2N5O3. The summed E-state index contributed by atoms with van der Waals surface area (Å²) < 4.78 is 0. The van der Waals surface area contributed by atoms with Crippen molar-refractivity contribution in [1.82, 2.24) is 19.9 Å². The number of anilines is 1. The summed E-state index contributed by atoms with van der Waals surface area (Å²) in [5.41, 5.74) is -0.666. The summed E-state index contributed by atoms with van der Waals surface area (Å²) in [6, 6.07) is 0. The number of carbonyl (C=O) groups excluding carboxylic acids is 1. The number of H-pyrrole nitrogens is 1. The number of carboxylic acids is 1. The summed E-state index contributed by atoms with van der Waals surface area (Å²) in [6.45, 7) is 0. The van der Waals surface area contributed by atoms with Crippen LogP contribution < -0.4 is 5.32 Å². The van der Waals surface area contributed by atoms with Gasteiger partial charge in [-0.2, -0.15) is 0 Å². The molecule has 2 aromatic heterocycles. The van der Waals surface area contributed by atoms with E-state index in [1.54, 1.807) is 0 Å². The monoisotopic (exact) mass is 301 g/mol. The van der Waals surface area contributed by atoms with Gasteiger partial charge in [0.1, 0.15) is 12.0 Å². The van der Waals surface area contributed by atoms with Crippen molar-refractivity contribution in [1.29, 1.82) is 0 Å². The number of aromatic nitrogens is 4. The van der Waals surface area contributed by atoms with Gasteiger partial charge in [0, 0.05) is 0 Å². The molecule has 0 unspecified atom stereocenters. The van der Waals surface area contributed by atoms with Crippen LogP contribution in [0.1, 0.15) is 21.0 Å². The van der Waals surface area contributed by atoms with Crippen LogP contribution in [-0.2, 0) is 0 Å². The quantitative estimate of drug-likeness (QED) is 0.738. The average Bonchev–Trinajstić information content (AvgIpc) is 2.83. The standard InChI is InChI=1S/C9H5Cl2N5O3/c10-6-5(7(11)15-2-14-6)16-8(17)3-4(9(18)19)13-1-12-3/h1-2H,(H,12,13)(H,16,17)(H,18,19). The lowest BCUT2D eigenvalue weighted by atomic mass is 10.3. The highest BCUT2D eigenvalue weighted by Gasteiger charge is 2.21. The molecular weight excluding hydrogens is 297 g/mol. The second-order valence-electron chi connectivity index (χ2n) is 3.22. The minimum atomic E-state index is -1.32. The van der Waals surface area contributed by atoms with Crippen molar-refractivity contribution < 1.29 is 14.7 Å². The summed E-state index contributed by atoms with van der Waals surface area (Å²) in [5.74, 6) is -2.11. The highest BCUT2D eigenvalue weighted by Crippen LogP contribution is 2.26. The lowest BCUT2D eigenvalue weighted by molar-refractivity contribution is 0.0686. The molecule has 0 aliphatic carbocycles. The largest absolute Gasteiger partial charge is 0.477 e. The molecule has 2 rings (SSSR count). The van der Waals surface area contributed by atoms with Crippen molar-refractivity contribution in [3.8, 4) is 0 Å². The number of aromatic carboxylic acids is 1. The third-order valence-corrected chi connectivity index (χ3v) is 2.63. The molecule has 10 heteroatoms. The highest BCUT2D eigenvalue weighted by molar-refractivity contribution is 6.38. The molecule has 0 saturated heterocycles. The molecule has 1 amide bonds. The lowest BCUT2D eigenvalue weighted by Crippen LogP contribution is -2.17. The molecule has 8 nitrogen and oxygen atoms in total. The van der Waals surface area contributed by atoms with Gasteiger partial charge >= 0.3 is 5.97 Å². The maximum atomic E-state index is 11.9. The van der Waals surface area contributed by atoms with Crippen LogP contribution in [0, 0.1) is 0 Å². The van der Waals surface area contributed by atoms with Crippen LogP contribution in [0.25, 0.3) is 0 Å². The van der Waals surface area contributed by atoms with Crippen molar-refractivity contribution >= 4 is 40.8 Å². The first kappa shape index (κ1) is 13.2. The van der Waals surface area contributed by atoms with E-state index in [4.69, 9.17) is 28.3 Å². The zero-order chi connectivity index (χ0) is 14.0. The van der Waals surface area contributed by atoms with E-state index in [2.05, 4.69) is 25.3 Å². The van der Waals surface area contributed by atoms with Gasteiger partial charge in [0.15, 0.2) is 21.7 Å². The van der Waals surface area contributed by atoms with E-state index >= 15 is 0 Å². The molecule has 0 fully saturated rings. The van der Waals surface area contributed by atoms with Crippen molar-refractivity contribution in [2.45, 2.75) is 0 Å². The number of halogens is 2. The Labute approximate surface area is 115 Å². The molecule has 0 aromatic carbocycles. The number of hydrogen-bond donors (Lipinski definition) is 3. The average molecular weight is 302 g/mol. The Morgan fingerprint density at radius 3 is 2.42 bits per heavy atom. The number of carbonyl (C=O) groups is 2. The van der Waals surface area contributed by atoms with E-state index in [1.807, 2.05) is 0 Å². The van der Waals surface area contributed by atoms with Gasteiger partial charge in [0.05, 0.1) is 6.33 Å². The van der Waals surface area contributed by atoms with Gasteiger partial charge in [-0.1, -0.05) is 23.2 Å². The molecule has 0 spiro atoms. The number of nitrogens with zero attached hydrogens (tertiary/aromatic N) is 3. The Balaban J connectivity index is 2.31. The van der Waals surface area contributed by atoms with Crippen LogP contribution in [0.4, 0.5) is 5.69 Å². The van der Waals surface area contributed by atoms with Crippen molar-refractivity contribution in [3.63, 3.8) is 0 Å². The van der Waals surface area contributed by atoms with Gasteiger partial charge in [0.25, 0.3) is 5.91 Å². The maximum absolute atomic E-state index is 11.9. The van der Waals surface area contributed by atoms with Gasteiger partial charge in [-0.15, -0.1) is 0 Å². The zero-order valence-electron chi connectivity index (χ0n) is 9.02. The Morgan fingerprint density at radius 2 is 1.84 bits per heavy atom. The summed E-state index contributed by atoms with van der Waals surface area (Å²) in [7, 11) is 0. The number of imidazole rings is 1. The first-order valence-corrected chi connectivity index (χ1v) is 5.50. The van der Waals surface area contributed by atoms with E-state index in [0.717, 1.165) is 12.7 Å². The van der Waals surface area contributed by atoms with Gasteiger partial charge in [-0.25, -0.2) is 19.7 Å². The Kier molecular flexibility index (Phi) is 3.63. The van der Waals surface area contributed by atoms with Crippen molar-refractivity contribution in [2.24, 2.45) is 0 Å². The van der Waals surface area contributed by atoms with Gasteiger partial charge in [0.2, 0.25) is 0 Å². The Bertz CT molecular complexity index is 637. The van der Waals surface area contributed by atoms with E-state index in [0.29, 0.717) is 0 Å². The highest BCUT2D eigenvalue weighted by atomic mass is 35.5. The number of rotatable bonds is 3. The third-order valence-electron chi connectivity index (χ3n) is 2.06. The van der Waals surface area contributed by atoms with E-state index in [1.165, 1.54) is 0 Å². The Morgan fingerprint density at radius 1 is 1.21 bits per heavy atom. The fourth-order valence-electron chi connectivity index (χ4n) is 1.25. The van der Waals surface area contributed by atoms with Gasteiger partial charge in [-0.3, -0.25) is 4.79 Å². The lowest BCUT2D eigenvalue weighted by Gasteiger charge is -2.06. The molecule has 0 atom stereocenters. The topological polar surface area (TPSA) is 121 Å². The van der Waals surface area contributed by atoms with Crippen LogP contribution >= 0.6 is 23.2 Å². The van der Waals surface area contributed by atoms with Gasteiger partial charge in [-0.05, 0) is 0 Å². The summed E-state index contributed by atoms with van der Waals surface area (Å²) in [6.07, 6.45) is 2.21. The zero-order valence-corrected chi connectivity index (χ0v) is 10.5. The second kappa shape index (κ2) is 5.21. The fraction of sp³-hybridized carbons (Fsp3) is 0. The third kappa shape index (κ3) is 2.64. The maximum Gasteiger partial charge on any atom is 0.354 e. The van der Waals surface area contributed by atoms with E-state index < -0.39 is 11.9 Å². The van der Waals surface area contributed by atoms with E-state index in [9.17, 15) is 9.59 Å². The fourth-order valence-corrected chi connectivity index (χ4v) is 1.66. The predicted octanol–water partition coefficient (Wildman–Crippen LogP) is 1.46. The number of nitrogens with one attached hydrogen (secondary N) is 2. The molecule has 0 saturated carbocycles. The van der Waals surface area contributed by atoms with Gasteiger partial charge < -0.3 is 15.4 Å². The Hall–Kier alpha value is -2.19. The number of hydrogen-bond acceptors (Lipinski definition) is 5. The normalized spacial score (nSPS) is 10.2. The number of aromatic amines is 1. The molecule has 0 aliphatic heterocycles. The summed E-state index contributed by atoms with van der Waals surface area (Å²) in [4.78, 5) is 36.0. The molecule has 0 bridgehead atoms. The van der Waals surface area contributed by atoms with E-state index in [-0.39, 0.29) is 27.4 Å². The minimum absolute atomic E-state index is 0.0184. The smallest absolute Gasteiger partial charge is 0.354 e. The van der Waals surface area contributed by atoms with Crippen molar-refractivity contribution in [3.05, 3.63) is 34.3 Å². The molecule has 19 heavy (non-hydrogen) atoms. The molecule has 2 aromatic rings. The first-order chi connectivity index (χ1) is 9.00. The molecule has 98 valence electrons. The molecule has 0 radical (unpaired) electrons. The predicted molar refractivity (Wildman–Crippen MR) is 65.6 cm³/mol.